The zero-order valence-corrected chi connectivity index (χ0v) is 13.7. The number of hydrogen-bond acceptors (Lipinski definition) is 4. The van der Waals surface area contributed by atoms with Gasteiger partial charge in [-0.05, 0) is 30.3 Å². The van der Waals surface area contributed by atoms with Crippen molar-refractivity contribution in [3.63, 3.8) is 0 Å². The third kappa shape index (κ3) is 3.68. The smallest absolute Gasteiger partial charge is 0.387 e. The summed E-state index contributed by atoms with van der Waals surface area (Å²) in [4.78, 5) is 16.1. The molecule has 0 N–H and O–H groups in total. The first kappa shape index (κ1) is 16.3. The van der Waals surface area contributed by atoms with Crippen molar-refractivity contribution in [3.05, 3.63) is 69.8 Å². The molecule has 0 fully saturated rings. The number of rotatable bonds is 4. The molecule has 0 bridgehead atoms. The van der Waals surface area contributed by atoms with E-state index < -0.39 is 12.6 Å². The summed E-state index contributed by atoms with van der Waals surface area (Å²) >= 11 is 3.33. The van der Waals surface area contributed by atoms with Gasteiger partial charge in [0.1, 0.15) is 5.75 Å². The highest BCUT2D eigenvalue weighted by Gasteiger charge is 2.24. The van der Waals surface area contributed by atoms with Crippen LogP contribution in [-0.2, 0) is 9.53 Å². The van der Waals surface area contributed by atoms with E-state index in [1.807, 2.05) is 6.07 Å². The maximum absolute atomic E-state index is 12.4. The Labute approximate surface area is 144 Å². The normalized spacial score (nSPS) is 15.6. The third-order valence-electron chi connectivity index (χ3n) is 3.12. The van der Waals surface area contributed by atoms with Crippen molar-refractivity contribution in [2.75, 3.05) is 0 Å². The van der Waals surface area contributed by atoms with Crippen LogP contribution in [0.4, 0.5) is 8.78 Å². The largest absolute Gasteiger partial charge is 0.434 e. The van der Waals surface area contributed by atoms with Gasteiger partial charge < -0.3 is 9.47 Å². The second kappa shape index (κ2) is 6.92. The van der Waals surface area contributed by atoms with Gasteiger partial charge in [-0.3, -0.25) is 0 Å². The van der Waals surface area contributed by atoms with E-state index in [0.29, 0.717) is 11.1 Å². The summed E-state index contributed by atoms with van der Waals surface area (Å²) in [6.07, 6.45) is 1.35. The number of carbonyl (C=O) groups is 1. The number of cyclic esters (lactones) is 1. The Morgan fingerprint density at radius 1 is 1.17 bits per heavy atom. The first-order chi connectivity index (χ1) is 11.5. The lowest BCUT2D eigenvalue weighted by Gasteiger charge is -2.07. The minimum atomic E-state index is -2.96. The lowest BCUT2D eigenvalue weighted by atomic mass is 10.1. The number of hydrogen-bond donors (Lipinski definition) is 0. The van der Waals surface area contributed by atoms with Crippen LogP contribution in [-0.4, -0.2) is 18.5 Å². The molecule has 2 aromatic carbocycles. The van der Waals surface area contributed by atoms with E-state index in [4.69, 9.17) is 4.74 Å². The maximum Gasteiger partial charge on any atom is 0.387 e. The predicted octanol–water partition coefficient (Wildman–Crippen LogP) is 4.40. The molecule has 0 aliphatic carbocycles. The molecule has 7 heteroatoms. The van der Waals surface area contributed by atoms with Crippen molar-refractivity contribution in [1.29, 1.82) is 0 Å². The summed E-state index contributed by atoms with van der Waals surface area (Å²) in [5.74, 6) is -0.546. The van der Waals surface area contributed by atoms with Gasteiger partial charge in [0.2, 0.25) is 5.90 Å². The van der Waals surface area contributed by atoms with Crippen molar-refractivity contribution in [2.45, 2.75) is 6.61 Å². The highest BCUT2D eigenvalue weighted by atomic mass is 79.9. The molecule has 0 saturated carbocycles. The third-order valence-corrected chi connectivity index (χ3v) is 3.61. The second-order valence-corrected chi connectivity index (χ2v) is 5.68. The minimum absolute atomic E-state index is 0.00953. The molecule has 1 aliphatic heterocycles. The molecular formula is C17H10BrF2NO3. The summed E-state index contributed by atoms with van der Waals surface area (Å²) in [6.45, 7) is -2.96. The van der Waals surface area contributed by atoms with Crippen LogP contribution in [0.25, 0.3) is 6.08 Å². The number of halogens is 3. The topological polar surface area (TPSA) is 47.9 Å². The number of para-hydroxylation sites is 1. The van der Waals surface area contributed by atoms with Gasteiger partial charge in [-0.1, -0.05) is 40.2 Å². The van der Waals surface area contributed by atoms with Crippen molar-refractivity contribution in [1.82, 2.24) is 0 Å². The zero-order valence-electron chi connectivity index (χ0n) is 12.1. The number of alkyl halides is 2. The van der Waals surface area contributed by atoms with Crippen molar-refractivity contribution >= 4 is 33.9 Å². The lowest BCUT2D eigenvalue weighted by molar-refractivity contribution is -0.129. The van der Waals surface area contributed by atoms with E-state index in [0.717, 1.165) is 4.47 Å². The van der Waals surface area contributed by atoms with Gasteiger partial charge in [-0.2, -0.15) is 8.78 Å². The first-order valence-electron chi connectivity index (χ1n) is 6.85. The van der Waals surface area contributed by atoms with E-state index >= 15 is 0 Å². The predicted molar refractivity (Wildman–Crippen MR) is 87.8 cm³/mol. The summed E-state index contributed by atoms with van der Waals surface area (Å²) in [6, 6.07) is 13.2. The van der Waals surface area contributed by atoms with E-state index in [-0.39, 0.29) is 17.3 Å². The first-order valence-corrected chi connectivity index (χ1v) is 7.64. The van der Waals surface area contributed by atoms with Crippen LogP contribution in [0.15, 0.2) is 63.7 Å². The van der Waals surface area contributed by atoms with Crippen molar-refractivity contribution in [3.8, 4) is 5.75 Å². The van der Waals surface area contributed by atoms with Crippen LogP contribution < -0.4 is 4.74 Å². The fourth-order valence-corrected chi connectivity index (χ4v) is 2.50. The number of carbonyl (C=O) groups excluding carboxylic acids is 1. The monoisotopic (exact) mass is 393 g/mol. The Balaban J connectivity index is 1.95. The number of benzene rings is 2. The Morgan fingerprint density at radius 3 is 2.71 bits per heavy atom. The average Bonchev–Trinajstić information content (AvgIpc) is 2.90. The number of esters is 1. The molecule has 4 nitrogen and oxygen atoms in total. The molecule has 24 heavy (non-hydrogen) atoms. The summed E-state index contributed by atoms with van der Waals surface area (Å²) < 4.78 is 35.3. The summed E-state index contributed by atoms with van der Waals surface area (Å²) in [5.41, 5.74) is 0.942. The molecule has 0 unspecified atom stereocenters. The molecule has 3 rings (SSSR count). The quantitative estimate of drug-likeness (QED) is 0.571. The Kier molecular flexibility index (Phi) is 4.71. The Morgan fingerprint density at radius 2 is 1.96 bits per heavy atom. The molecule has 0 saturated heterocycles. The Bertz CT molecular complexity index is 849. The van der Waals surface area contributed by atoms with Crippen molar-refractivity contribution < 1.29 is 23.0 Å². The zero-order chi connectivity index (χ0) is 17.1. The van der Waals surface area contributed by atoms with Gasteiger partial charge in [0.05, 0.1) is 0 Å². The number of nitrogens with zero attached hydrogens (tertiary/aromatic N) is 1. The van der Waals surface area contributed by atoms with Gasteiger partial charge in [0.25, 0.3) is 0 Å². The van der Waals surface area contributed by atoms with E-state index in [2.05, 4.69) is 25.7 Å². The molecule has 122 valence electrons. The van der Waals surface area contributed by atoms with Gasteiger partial charge in [-0.15, -0.1) is 0 Å². The Hall–Kier alpha value is -2.54. The van der Waals surface area contributed by atoms with Crippen LogP contribution in [0.5, 0.6) is 5.75 Å². The summed E-state index contributed by atoms with van der Waals surface area (Å²) in [7, 11) is 0. The maximum atomic E-state index is 12.4. The molecule has 0 spiro atoms. The highest BCUT2D eigenvalue weighted by molar-refractivity contribution is 9.10. The molecular weight excluding hydrogens is 384 g/mol. The van der Waals surface area contributed by atoms with Gasteiger partial charge in [0, 0.05) is 15.6 Å². The van der Waals surface area contributed by atoms with Crippen LogP contribution in [0, 0.1) is 0 Å². The van der Waals surface area contributed by atoms with Gasteiger partial charge in [-0.25, -0.2) is 9.79 Å². The van der Waals surface area contributed by atoms with Crippen LogP contribution >= 0.6 is 15.9 Å². The van der Waals surface area contributed by atoms with E-state index in [1.54, 1.807) is 36.4 Å². The molecule has 2 aromatic rings. The molecule has 0 atom stereocenters. The molecule has 0 amide bonds. The van der Waals surface area contributed by atoms with E-state index in [9.17, 15) is 13.6 Å². The van der Waals surface area contributed by atoms with Crippen molar-refractivity contribution in [2.24, 2.45) is 4.99 Å². The SMILES string of the molecule is O=C1OC(c2cccc(Br)c2)=N/C1=C\c1ccccc1OC(F)F. The fraction of sp³-hybridized carbons (Fsp3) is 0.0588. The van der Waals surface area contributed by atoms with Crippen LogP contribution in [0.3, 0.4) is 0 Å². The highest BCUT2D eigenvalue weighted by Crippen LogP contribution is 2.26. The fourth-order valence-electron chi connectivity index (χ4n) is 2.10. The van der Waals surface area contributed by atoms with Gasteiger partial charge in [0.15, 0.2) is 5.70 Å². The standard InChI is InChI=1S/C17H10BrF2NO3/c18-12-6-3-5-11(8-12)15-21-13(16(22)24-15)9-10-4-1-2-7-14(10)23-17(19)20/h1-9,17H/b13-9-. The average molecular weight is 394 g/mol. The molecule has 0 aromatic heterocycles. The second-order valence-electron chi connectivity index (χ2n) is 4.76. The van der Waals surface area contributed by atoms with Crippen LogP contribution in [0.1, 0.15) is 11.1 Å². The molecule has 1 heterocycles. The van der Waals surface area contributed by atoms with E-state index in [1.165, 1.54) is 12.1 Å². The molecule has 1 aliphatic rings. The summed E-state index contributed by atoms with van der Waals surface area (Å²) in [5, 5.41) is 0. The number of ether oxygens (including phenoxy) is 2. The minimum Gasteiger partial charge on any atom is -0.434 e. The molecule has 0 radical (unpaired) electrons. The lowest BCUT2D eigenvalue weighted by Crippen LogP contribution is -2.05. The number of aliphatic imine (C=N–C) groups is 1. The van der Waals surface area contributed by atoms with Crippen LogP contribution in [0.2, 0.25) is 0 Å². The van der Waals surface area contributed by atoms with Gasteiger partial charge >= 0.3 is 12.6 Å².